The highest BCUT2D eigenvalue weighted by Crippen LogP contribution is 2.20. The van der Waals surface area contributed by atoms with Gasteiger partial charge in [0.1, 0.15) is 5.75 Å². The van der Waals surface area contributed by atoms with Crippen molar-refractivity contribution >= 4 is 6.21 Å². The number of aliphatic imine (C=N–C) groups is 1. The van der Waals surface area contributed by atoms with Gasteiger partial charge in [-0.3, -0.25) is 4.99 Å². The molecule has 0 fully saturated rings. The Bertz CT molecular complexity index is 318. The normalized spacial score (nSPS) is 10.8. The van der Waals surface area contributed by atoms with Crippen LogP contribution in [-0.4, -0.2) is 19.9 Å². The largest absolute Gasteiger partial charge is 0.493 e. The molecule has 2 nitrogen and oxygen atoms in total. The van der Waals surface area contributed by atoms with Gasteiger partial charge in [0, 0.05) is 13.3 Å². The molecular formula is C12H17NO. The molecule has 76 valence electrons. The molecule has 14 heavy (non-hydrogen) atoms. The first kappa shape index (κ1) is 10.8. The van der Waals surface area contributed by atoms with E-state index in [0.717, 1.165) is 29.9 Å². The number of nitrogens with zero attached hydrogens (tertiary/aromatic N) is 1. The van der Waals surface area contributed by atoms with Crippen molar-refractivity contribution in [2.45, 2.75) is 20.3 Å². The summed E-state index contributed by atoms with van der Waals surface area (Å²) in [7, 11) is 1.78. The molecule has 1 aromatic rings. The van der Waals surface area contributed by atoms with Gasteiger partial charge in [0.25, 0.3) is 0 Å². The minimum atomic E-state index is 0.771. The highest BCUT2D eigenvalue weighted by atomic mass is 16.5. The van der Waals surface area contributed by atoms with Gasteiger partial charge in [-0.15, -0.1) is 0 Å². The molecule has 0 N–H and O–H groups in total. The van der Waals surface area contributed by atoms with E-state index >= 15 is 0 Å². The van der Waals surface area contributed by atoms with Crippen LogP contribution in [0.4, 0.5) is 0 Å². The van der Waals surface area contributed by atoms with Crippen molar-refractivity contribution in [3.63, 3.8) is 0 Å². The Labute approximate surface area is 85.6 Å². The maximum absolute atomic E-state index is 5.61. The summed E-state index contributed by atoms with van der Waals surface area (Å²) in [6.07, 6.45) is 2.89. The topological polar surface area (TPSA) is 21.6 Å². The Hall–Kier alpha value is -1.31. The number of hydrogen-bond acceptors (Lipinski definition) is 2. The Morgan fingerprint density at radius 1 is 1.43 bits per heavy atom. The maximum Gasteiger partial charge on any atom is 0.122 e. The summed E-state index contributed by atoms with van der Waals surface area (Å²) in [5, 5.41) is 0. The molecule has 1 aromatic carbocycles. The summed E-state index contributed by atoms with van der Waals surface area (Å²) in [5.74, 6) is 0.962. The third-order valence-electron chi connectivity index (χ3n) is 2.06. The van der Waals surface area contributed by atoms with E-state index in [1.54, 1.807) is 7.05 Å². The van der Waals surface area contributed by atoms with Gasteiger partial charge in [-0.05, 0) is 30.5 Å². The van der Waals surface area contributed by atoms with Crippen LogP contribution in [0.1, 0.15) is 24.5 Å². The zero-order valence-corrected chi connectivity index (χ0v) is 9.08. The average molecular weight is 191 g/mol. The van der Waals surface area contributed by atoms with E-state index in [2.05, 4.69) is 18.8 Å². The molecule has 0 aliphatic carbocycles. The van der Waals surface area contributed by atoms with Gasteiger partial charge >= 0.3 is 0 Å². The number of benzene rings is 1. The number of rotatable bonds is 4. The molecule has 0 aromatic heterocycles. The van der Waals surface area contributed by atoms with Crippen LogP contribution in [0, 0.1) is 6.92 Å². The molecule has 0 aliphatic heterocycles. The fraction of sp³-hybridized carbons (Fsp3) is 0.417. The molecule has 0 unspecified atom stereocenters. The molecule has 0 aliphatic rings. The second-order valence-electron chi connectivity index (χ2n) is 3.21. The monoisotopic (exact) mass is 191 g/mol. The van der Waals surface area contributed by atoms with Crippen molar-refractivity contribution in [3.05, 3.63) is 29.3 Å². The van der Waals surface area contributed by atoms with Crippen LogP contribution in [0.5, 0.6) is 5.75 Å². The lowest BCUT2D eigenvalue weighted by molar-refractivity contribution is 0.315. The van der Waals surface area contributed by atoms with Crippen molar-refractivity contribution < 1.29 is 4.74 Å². The molecule has 0 radical (unpaired) electrons. The zero-order valence-electron chi connectivity index (χ0n) is 9.08. The van der Waals surface area contributed by atoms with Gasteiger partial charge in [0.2, 0.25) is 0 Å². The van der Waals surface area contributed by atoms with Crippen molar-refractivity contribution in [2.24, 2.45) is 4.99 Å². The van der Waals surface area contributed by atoms with E-state index < -0.39 is 0 Å². The van der Waals surface area contributed by atoms with E-state index in [4.69, 9.17) is 4.74 Å². The fourth-order valence-electron chi connectivity index (χ4n) is 1.28. The smallest absolute Gasteiger partial charge is 0.122 e. The SMILES string of the molecule is CCCOc1cccc(/C=N\C)c1C. The van der Waals surface area contributed by atoms with Crippen molar-refractivity contribution in [1.82, 2.24) is 0 Å². The van der Waals surface area contributed by atoms with Crippen LogP contribution in [0.3, 0.4) is 0 Å². The predicted molar refractivity (Wildman–Crippen MR) is 60.5 cm³/mol. The summed E-state index contributed by atoms with van der Waals surface area (Å²) in [4.78, 5) is 4.01. The third-order valence-corrected chi connectivity index (χ3v) is 2.06. The lowest BCUT2D eigenvalue weighted by atomic mass is 10.1. The summed E-state index contributed by atoms with van der Waals surface area (Å²) >= 11 is 0. The van der Waals surface area contributed by atoms with Crippen LogP contribution < -0.4 is 4.74 Å². The zero-order chi connectivity index (χ0) is 10.4. The highest BCUT2D eigenvalue weighted by Gasteiger charge is 2.01. The summed E-state index contributed by atoms with van der Waals surface area (Å²) < 4.78 is 5.61. The average Bonchev–Trinajstić information content (AvgIpc) is 2.20. The Balaban J connectivity index is 2.89. The second-order valence-corrected chi connectivity index (χ2v) is 3.21. The molecular weight excluding hydrogens is 174 g/mol. The highest BCUT2D eigenvalue weighted by molar-refractivity contribution is 5.82. The Kier molecular flexibility index (Phi) is 4.17. The van der Waals surface area contributed by atoms with E-state index in [0.29, 0.717) is 0 Å². The summed E-state index contributed by atoms with van der Waals surface area (Å²) in [6, 6.07) is 6.04. The van der Waals surface area contributed by atoms with E-state index in [1.165, 1.54) is 0 Å². The quantitative estimate of drug-likeness (QED) is 0.671. The van der Waals surface area contributed by atoms with Gasteiger partial charge in [0.05, 0.1) is 6.61 Å². The standard InChI is InChI=1S/C12H17NO/c1-4-8-14-12-7-5-6-11(9-13-3)10(12)2/h5-7,9H,4,8H2,1-3H3/b13-9-. The molecule has 1 rings (SSSR count). The molecule has 2 heteroatoms. The van der Waals surface area contributed by atoms with Gasteiger partial charge < -0.3 is 4.74 Å². The first-order valence-electron chi connectivity index (χ1n) is 4.94. The molecule has 0 amide bonds. The number of hydrogen-bond donors (Lipinski definition) is 0. The second kappa shape index (κ2) is 5.43. The van der Waals surface area contributed by atoms with Crippen LogP contribution in [0.2, 0.25) is 0 Å². The Morgan fingerprint density at radius 3 is 2.86 bits per heavy atom. The Morgan fingerprint density at radius 2 is 2.21 bits per heavy atom. The minimum Gasteiger partial charge on any atom is -0.493 e. The van der Waals surface area contributed by atoms with Gasteiger partial charge in [-0.2, -0.15) is 0 Å². The van der Waals surface area contributed by atoms with Crippen molar-refractivity contribution in [3.8, 4) is 5.75 Å². The first-order valence-corrected chi connectivity index (χ1v) is 4.94. The van der Waals surface area contributed by atoms with Crippen LogP contribution in [0.25, 0.3) is 0 Å². The molecule has 0 spiro atoms. The van der Waals surface area contributed by atoms with Crippen molar-refractivity contribution in [1.29, 1.82) is 0 Å². The van der Waals surface area contributed by atoms with Crippen LogP contribution in [0.15, 0.2) is 23.2 Å². The minimum absolute atomic E-state index is 0.771. The summed E-state index contributed by atoms with van der Waals surface area (Å²) in [6.45, 7) is 4.93. The lowest BCUT2D eigenvalue weighted by Gasteiger charge is -2.09. The van der Waals surface area contributed by atoms with Gasteiger partial charge in [-0.25, -0.2) is 0 Å². The van der Waals surface area contributed by atoms with Gasteiger partial charge in [0.15, 0.2) is 0 Å². The molecule has 0 bridgehead atoms. The fourth-order valence-corrected chi connectivity index (χ4v) is 1.28. The lowest BCUT2D eigenvalue weighted by Crippen LogP contribution is -1.98. The van der Waals surface area contributed by atoms with E-state index in [1.807, 2.05) is 24.4 Å². The predicted octanol–water partition coefficient (Wildman–Crippen LogP) is 2.83. The number of ether oxygens (including phenoxy) is 1. The molecule has 0 atom stereocenters. The van der Waals surface area contributed by atoms with E-state index in [9.17, 15) is 0 Å². The summed E-state index contributed by atoms with van der Waals surface area (Å²) in [5.41, 5.74) is 2.28. The third kappa shape index (κ3) is 2.59. The van der Waals surface area contributed by atoms with Crippen LogP contribution in [-0.2, 0) is 0 Å². The van der Waals surface area contributed by atoms with Crippen LogP contribution >= 0.6 is 0 Å². The molecule has 0 saturated carbocycles. The maximum atomic E-state index is 5.61. The van der Waals surface area contributed by atoms with E-state index in [-0.39, 0.29) is 0 Å². The molecule has 0 heterocycles. The first-order chi connectivity index (χ1) is 6.79. The van der Waals surface area contributed by atoms with Gasteiger partial charge in [-0.1, -0.05) is 19.1 Å². The molecule has 0 saturated heterocycles. The van der Waals surface area contributed by atoms with Crippen molar-refractivity contribution in [2.75, 3.05) is 13.7 Å².